The molecular formula is C68H129NO5. The van der Waals surface area contributed by atoms with Gasteiger partial charge in [0.2, 0.25) is 5.91 Å². The summed E-state index contributed by atoms with van der Waals surface area (Å²) in [5.74, 6) is -0.0711. The molecule has 0 aromatic heterocycles. The third-order valence-electron chi connectivity index (χ3n) is 15.4. The molecule has 0 bridgehead atoms. The molecule has 0 aliphatic carbocycles. The molecule has 0 spiro atoms. The molecule has 0 heterocycles. The zero-order valence-corrected chi connectivity index (χ0v) is 49.8. The Morgan fingerprint density at radius 3 is 0.959 bits per heavy atom. The van der Waals surface area contributed by atoms with Crippen molar-refractivity contribution in [2.45, 2.75) is 373 Å². The standard InChI is InChI=1S/C68H129NO5/c1-3-5-7-9-11-13-15-17-19-21-25-28-32-36-40-44-48-52-56-60-66(71)65(64-70)69-67(72)61-57-53-49-45-41-37-33-29-26-23-24-27-31-35-39-43-47-51-55-59-63-74-68(73)62-58-54-50-46-42-38-34-30-22-20-18-16-14-12-10-8-6-4-2/h20,22-23,26,56,60,65-66,70-71H,3-19,21,24-25,27-55,57-59,61-64H2,1-2H3,(H,69,72)/b22-20-,26-23-,60-56+. The van der Waals surface area contributed by atoms with Crippen LogP contribution in [0.15, 0.2) is 36.5 Å². The van der Waals surface area contributed by atoms with E-state index in [2.05, 4.69) is 43.5 Å². The van der Waals surface area contributed by atoms with Crippen LogP contribution in [0.4, 0.5) is 0 Å². The maximum atomic E-state index is 12.5. The van der Waals surface area contributed by atoms with Crippen LogP contribution < -0.4 is 5.32 Å². The highest BCUT2D eigenvalue weighted by Crippen LogP contribution is 2.17. The second kappa shape index (κ2) is 63.6. The Morgan fingerprint density at radius 1 is 0.365 bits per heavy atom. The Morgan fingerprint density at radius 2 is 0.635 bits per heavy atom. The lowest BCUT2D eigenvalue weighted by Crippen LogP contribution is -2.45. The fraction of sp³-hybridized carbons (Fsp3) is 0.882. The Hall–Kier alpha value is -1.92. The van der Waals surface area contributed by atoms with E-state index in [4.69, 9.17) is 4.74 Å². The zero-order chi connectivity index (χ0) is 53.6. The molecule has 0 aliphatic rings. The lowest BCUT2D eigenvalue weighted by Gasteiger charge is -2.20. The largest absolute Gasteiger partial charge is 0.466 e. The first-order valence-electron chi connectivity index (χ1n) is 33.3. The van der Waals surface area contributed by atoms with Crippen molar-refractivity contribution in [2.75, 3.05) is 13.2 Å². The number of aliphatic hydroxyl groups is 2. The molecule has 2 unspecified atom stereocenters. The maximum Gasteiger partial charge on any atom is 0.305 e. The summed E-state index contributed by atoms with van der Waals surface area (Å²) in [7, 11) is 0. The van der Waals surface area contributed by atoms with Crippen LogP contribution in [0.1, 0.15) is 361 Å². The van der Waals surface area contributed by atoms with Crippen molar-refractivity contribution in [1.82, 2.24) is 5.32 Å². The van der Waals surface area contributed by atoms with E-state index >= 15 is 0 Å². The Kier molecular flexibility index (Phi) is 62.0. The fourth-order valence-corrected chi connectivity index (χ4v) is 10.3. The molecule has 1 amide bonds. The summed E-state index contributed by atoms with van der Waals surface area (Å²) in [5.41, 5.74) is 0. The first kappa shape index (κ1) is 72.1. The summed E-state index contributed by atoms with van der Waals surface area (Å²) in [6.07, 6.45) is 80.5. The van der Waals surface area contributed by atoms with Gasteiger partial charge >= 0.3 is 5.97 Å². The van der Waals surface area contributed by atoms with Gasteiger partial charge in [0.25, 0.3) is 0 Å². The van der Waals surface area contributed by atoms with E-state index in [1.807, 2.05) is 6.08 Å². The van der Waals surface area contributed by atoms with Crippen molar-refractivity contribution in [3.8, 4) is 0 Å². The van der Waals surface area contributed by atoms with Gasteiger partial charge in [0.1, 0.15) is 0 Å². The van der Waals surface area contributed by atoms with E-state index in [0.29, 0.717) is 19.4 Å². The van der Waals surface area contributed by atoms with Crippen LogP contribution in [0, 0.1) is 0 Å². The lowest BCUT2D eigenvalue weighted by molar-refractivity contribution is -0.143. The molecule has 0 saturated carbocycles. The summed E-state index contributed by atoms with van der Waals surface area (Å²) in [4.78, 5) is 24.6. The molecule has 0 aromatic rings. The molecule has 436 valence electrons. The van der Waals surface area contributed by atoms with Gasteiger partial charge in [0.15, 0.2) is 0 Å². The van der Waals surface area contributed by atoms with Crippen molar-refractivity contribution in [2.24, 2.45) is 0 Å². The Balaban J connectivity index is 3.45. The number of hydrogen-bond donors (Lipinski definition) is 3. The van der Waals surface area contributed by atoms with Gasteiger partial charge < -0.3 is 20.3 Å². The number of unbranched alkanes of at least 4 members (excludes halogenated alkanes) is 47. The van der Waals surface area contributed by atoms with E-state index in [9.17, 15) is 19.8 Å². The lowest BCUT2D eigenvalue weighted by atomic mass is 10.0. The number of allylic oxidation sites excluding steroid dienone is 5. The van der Waals surface area contributed by atoms with Crippen LogP contribution in [0.25, 0.3) is 0 Å². The predicted octanol–water partition coefficient (Wildman–Crippen LogP) is 21.1. The number of aliphatic hydroxyl groups excluding tert-OH is 2. The van der Waals surface area contributed by atoms with Crippen molar-refractivity contribution in [3.63, 3.8) is 0 Å². The molecule has 0 saturated heterocycles. The first-order chi connectivity index (χ1) is 36.5. The summed E-state index contributed by atoms with van der Waals surface area (Å²) < 4.78 is 5.49. The predicted molar refractivity (Wildman–Crippen MR) is 324 cm³/mol. The van der Waals surface area contributed by atoms with E-state index in [-0.39, 0.29) is 18.5 Å². The first-order valence-corrected chi connectivity index (χ1v) is 33.3. The average molecular weight is 1040 g/mol. The fourth-order valence-electron chi connectivity index (χ4n) is 10.3. The molecule has 74 heavy (non-hydrogen) atoms. The third-order valence-corrected chi connectivity index (χ3v) is 15.4. The summed E-state index contributed by atoms with van der Waals surface area (Å²) in [5, 5.41) is 23.2. The molecule has 0 fully saturated rings. The molecule has 0 rings (SSSR count). The van der Waals surface area contributed by atoms with Gasteiger partial charge in [-0.2, -0.15) is 0 Å². The number of esters is 1. The number of nitrogens with one attached hydrogen (secondary N) is 1. The highest BCUT2D eigenvalue weighted by Gasteiger charge is 2.18. The molecule has 3 N–H and O–H groups in total. The summed E-state index contributed by atoms with van der Waals surface area (Å²) >= 11 is 0. The molecule has 6 heteroatoms. The van der Waals surface area contributed by atoms with Gasteiger partial charge in [-0.1, -0.05) is 301 Å². The monoisotopic (exact) mass is 1040 g/mol. The van der Waals surface area contributed by atoms with E-state index < -0.39 is 12.1 Å². The highest BCUT2D eigenvalue weighted by atomic mass is 16.5. The van der Waals surface area contributed by atoms with E-state index in [1.54, 1.807) is 6.08 Å². The van der Waals surface area contributed by atoms with Crippen molar-refractivity contribution in [3.05, 3.63) is 36.5 Å². The number of hydrogen-bond acceptors (Lipinski definition) is 5. The molecular weight excluding hydrogens is 911 g/mol. The second-order valence-electron chi connectivity index (χ2n) is 22.8. The SMILES string of the molecule is CCCCCCCCC/C=C\CCCCCCCCCC(=O)OCCCCCCCCCCC/C=C\CCCCCCCCCC(=O)NC(CO)C(O)/C=C/CCCCCCCCCCCCCCCCCCC. The molecule has 0 aromatic carbocycles. The van der Waals surface area contributed by atoms with Crippen LogP contribution in [0.2, 0.25) is 0 Å². The number of carbonyl (C=O) groups excluding carboxylic acids is 2. The van der Waals surface area contributed by atoms with Crippen LogP contribution in [-0.4, -0.2) is 47.4 Å². The smallest absolute Gasteiger partial charge is 0.305 e. The highest BCUT2D eigenvalue weighted by molar-refractivity contribution is 5.76. The van der Waals surface area contributed by atoms with Gasteiger partial charge in [-0.25, -0.2) is 0 Å². The quantitative estimate of drug-likeness (QED) is 0.0320. The van der Waals surface area contributed by atoms with Crippen LogP contribution >= 0.6 is 0 Å². The van der Waals surface area contributed by atoms with Crippen molar-refractivity contribution in [1.29, 1.82) is 0 Å². The minimum atomic E-state index is -0.851. The Bertz CT molecular complexity index is 1200. The number of ether oxygens (including phenoxy) is 1. The molecule has 0 aliphatic heterocycles. The minimum Gasteiger partial charge on any atom is -0.466 e. The van der Waals surface area contributed by atoms with Gasteiger partial charge in [-0.05, 0) is 83.5 Å². The topological polar surface area (TPSA) is 95.9 Å². The number of amides is 1. The Labute approximate surface area is 462 Å². The van der Waals surface area contributed by atoms with Crippen molar-refractivity contribution >= 4 is 11.9 Å². The van der Waals surface area contributed by atoms with Crippen molar-refractivity contribution < 1.29 is 24.5 Å². The zero-order valence-electron chi connectivity index (χ0n) is 49.8. The van der Waals surface area contributed by atoms with Crippen LogP contribution in [0.3, 0.4) is 0 Å². The number of rotatable bonds is 62. The minimum absolute atomic E-state index is 0.00304. The number of carbonyl (C=O) groups is 2. The van der Waals surface area contributed by atoms with Gasteiger partial charge in [0.05, 0.1) is 25.4 Å². The van der Waals surface area contributed by atoms with Gasteiger partial charge in [-0.15, -0.1) is 0 Å². The van der Waals surface area contributed by atoms with E-state index in [0.717, 1.165) is 51.4 Å². The van der Waals surface area contributed by atoms with Crippen LogP contribution in [0.5, 0.6) is 0 Å². The second-order valence-corrected chi connectivity index (χ2v) is 22.8. The average Bonchev–Trinajstić information content (AvgIpc) is 3.40. The summed E-state index contributed by atoms with van der Waals surface area (Å²) in [6, 6.07) is -0.635. The molecule has 6 nitrogen and oxygen atoms in total. The van der Waals surface area contributed by atoms with E-state index in [1.165, 1.54) is 283 Å². The van der Waals surface area contributed by atoms with Gasteiger partial charge in [0, 0.05) is 12.8 Å². The van der Waals surface area contributed by atoms with Gasteiger partial charge in [-0.3, -0.25) is 9.59 Å². The third kappa shape index (κ3) is 59.3. The molecule has 2 atom stereocenters. The maximum absolute atomic E-state index is 12.5. The summed E-state index contributed by atoms with van der Waals surface area (Å²) in [6.45, 7) is 4.92. The van der Waals surface area contributed by atoms with Crippen LogP contribution in [-0.2, 0) is 14.3 Å². The molecule has 0 radical (unpaired) electrons. The normalized spacial score (nSPS) is 12.8.